The third-order valence-electron chi connectivity index (χ3n) is 3.07. The Labute approximate surface area is 115 Å². The van der Waals surface area contributed by atoms with Crippen LogP contribution < -0.4 is 0 Å². The van der Waals surface area contributed by atoms with Crippen LogP contribution in [0.2, 0.25) is 5.02 Å². The summed E-state index contributed by atoms with van der Waals surface area (Å²) in [6.07, 6.45) is 5.42. The van der Waals surface area contributed by atoms with Crippen LogP contribution in [0.1, 0.15) is 31.4 Å². The van der Waals surface area contributed by atoms with Crippen molar-refractivity contribution in [2.45, 2.75) is 33.6 Å². The van der Waals surface area contributed by atoms with Gasteiger partial charge in [0.05, 0.1) is 0 Å². The summed E-state index contributed by atoms with van der Waals surface area (Å²) in [5.41, 5.74) is 4.96. The van der Waals surface area contributed by atoms with E-state index in [-0.39, 0.29) is 0 Å². The van der Waals surface area contributed by atoms with E-state index < -0.39 is 0 Å². The topological polar surface area (TPSA) is 12.4 Å². The van der Waals surface area contributed by atoms with Crippen molar-refractivity contribution in [3.63, 3.8) is 0 Å². The highest BCUT2D eigenvalue weighted by Crippen LogP contribution is 2.19. The van der Waals surface area contributed by atoms with Crippen LogP contribution in [0.5, 0.6) is 0 Å². The molecule has 0 radical (unpaired) electrons. The van der Waals surface area contributed by atoms with Crippen LogP contribution in [-0.2, 0) is 6.42 Å². The predicted octanol–water partition coefficient (Wildman–Crippen LogP) is 5.13. The van der Waals surface area contributed by atoms with Gasteiger partial charge in [-0.25, -0.2) is 0 Å². The van der Waals surface area contributed by atoms with Gasteiger partial charge in [0.25, 0.3) is 0 Å². The maximum atomic E-state index is 6.02. The molecule has 0 aliphatic heterocycles. The van der Waals surface area contributed by atoms with Crippen LogP contribution in [0.25, 0.3) is 0 Å². The maximum Gasteiger partial charge on any atom is 0.0408 e. The van der Waals surface area contributed by atoms with Crippen molar-refractivity contribution in [2.75, 3.05) is 0 Å². The van der Waals surface area contributed by atoms with Crippen LogP contribution in [0.4, 0.5) is 0 Å². The van der Waals surface area contributed by atoms with E-state index in [1.54, 1.807) is 12.3 Å². The lowest BCUT2D eigenvalue weighted by atomic mass is 10.0. The Hall–Kier alpha value is -1.34. The van der Waals surface area contributed by atoms with Crippen LogP contribution in [0, 0.1) is 6.92 Å². The lowest BCUT2D eigenvalue weighted by Crippen LogP contribution is -1.92. The fourth-order valence-electron chi connectivity index (χ4n) is 1.69. The smallest absolute Gasteiger partial charge is 0.0408 e. The zero-order valence-corrected chi connectivity index (χ0v) is 12.1. The Morgan fingerprint density at radius 1 is 1.39 bits per heavy atom. The number of rotatable bonds is 5. The molecule has 0 saturated carbocycles. The summed E-state index contributed by atoms with van der Waals surface area (Å²) in [6.45, 7) is 9.89. The summed E-state index contributed by atoms with van der Waals surface area (Å²) < 4.78 is 0. The van der Waals surface area contributed by atoms with E-state index in [0.29, 0.717) is 0 Å². The molecule has 0 atom stereocenters. The highest BCUT2D eigenvalue weighted by atomic mass is 35.5. The molecule has 0 aliphatic carbocycles. The average molecular weight is 262 g/mol. The van der Waals surface area contributed by atoms with Gasteiger partial charge < -0.3 is 0 Å². The van der Waals surface area contributed by atoms with Crippen LogP contribution in [0.3, 0.4) is 0 Å². The number of nitrogens with zero attached hydrogens (tertiary/aromatic N) is 1. The first-order valence-corrected chi connectivity index (χ1v) is 6.49. The first-order chi connectivity index (χ1) is 8.54. The molecule has 0 aromatic heterocycles. The number of allylic oxidation sites excluding steroid dienone is 3. The molecule has 0 aliphatic rings. The standard InChI is InChI=1S/C16H20ClN/c1-5-10-18-14(4)12(2)6-8-15-11-16(17)9-7-13(15)3/h5,7,9-11H,1,6,8H2,2-4H3/b14-12+,18-10-. The third-order valence-corrected chi connectivity index (χ3v) is 3.31. The third kappa shape index (κ3) is 4.50. The molecule has 18 heavy (non-hydrogen) atoms. The second kappa shape index (κ2) is 7.17. The normalized spacial score (nSPS) is 12.7. The van der Waals surface area contributed by atoms with Crippen molar-refractivity contribution in [3.8, 4) is 0 Å². The summed E-state index contributed by atoms with van der Waals surface area (Å²) in [5, 5.41) is 0.804. The quantitative estimate of drug-likeness (QED) is 0.652. The van der Waals surface area contributed by atoms with Crippen LogP contribution in [0.15, 0.2) is 47.1 Å². The van der Waals surface area contributed by atoms with Gasteiger partial charge in [0.15, 0.2) is 0 Å². The predicted molar refractivity (Wildman–Crippen MR) is 81.6 cm³/mol. The van der Waals surface area contributed by atoms with Gasteiger partial charge in [0.1, 0.15) is 0 Å². The molecular formula is C16H20ClN. The molecule has 0 heterocycles. The summed E-state index contributed by atoms with van der Waals surface area (Å²) in [5.74, 6) is 0. The van der Waals surface area contributed by atoms with Crippen LogP contribution >= 0.6 is 11.6 Å². The Balaban J connectivity index is 2.73. The van der Waals surface area contributed by atoms with Crippen molar-refractivity contribution >= 4 is 17.8 Å². The maximum absolute atomic E-state index is 6.02. The van der Waals surface area contributed by atoms with Gasteiger partial charge in [0, 0.05) is 16.9 Å². The molecule has 0 spiro atoms. The lowest BCUT2D eigenvalue weighted by Gasteiger charge is -2.08. The number of aliphatic imine (C=N–C) groups is 1. The first kappa shape index (κ1) is 14.7. The molecule has 0 saturated heterocycles. The highest BCUT2D eigenvalue weighted by molar-refractivity contribution is 6.30. The Bertz CT molecular complexity index is 484. The van der Waals surface area contributed by atoms with E-state index in [2.05, 4.69) is 31.5 Å². The van der Waals surface area contributed by atoms with Gasteiger partial charge in [0.2, 0.25) is 0 Å². The van der Waals surface area contributed by atoms with E-state index in [0.717, 1.165) is 23.6 Å². The summed E-state index contributed by atoms with van der Waals surface area (Å²) in [7, 11) is 0. The fraction of sp³-hybridized carbons (Fsp3) is 0.312. The van der Waals surface area contributed by atoms with Gasteiger partial charge in [-0.05, 0) is 56.9 Å². The second-order valence-corrected chi connectivity index (χ2v) is 4.89. The largest absolute Gasteiger partial charge is 0.262 e. The summed E-state index contributed by atoms with van der Waals surface area (Å²) >= 11 is 6.02. The summed E-state index contributed by atoms with van der Waals surface area (Å²) in [6, 6.07) is 6.05. The van der Waals surface area contributed by atoms with Crippen molar-refractivity contribution in [2.24, 2.45) is 4.99 Å². The molecule has 0 bridgehead atoms. The highest BCUT2D eigenvalue weighted by Gasteiger charge is 2.02. The first-order valence-electron chi connectivity index (χ1n) is 6.11. The summed E-state index contributed by atoms with van der Waals surface area (Å²) in [4.78, 5) is 4.31. The van der Waals surface area contributed by atoms with Crippen molar-refractivity contribution in [3.05, 3.63) is 58.3 Å². The monoisotopic (exact) mass is 261 g/mol. The molecule has 1 aromatic carbocycles. The Kier molecular flexibility index (Phi) is 5.87. The van der Waals surface area contributed by atoms with E-state index in [4.69, 9.17) is 11.6 Å². The van der Waals surface area contributed by atoms with E-state index >= 15 is 0 Å². The van der Waals surface area contributed by atoms with Crippen molar-refractivity contribution in [1.29, 1.82) is 0 Å². The van der Waals surface area contributed by atoms with E-state index in [9.17, 15) is 0 Å². The SMILES string of the molecule is C=C/C=N\C(C)=C(/C)CCc1cc(Cl)ccc1C. The number of halogens is 1. The van der Waals surface area contributed by atoms with E-state index in [1.165, 1.54) is 16.7 Å². The number of benzene rings is 1. The molecule has 96 valence electrons. The molecule has 1 rings (SSSR count). The molecule has 0 amide bonds. The molecule has 1 aromatic rings. The minimum atomic E-state index is 0.804. The van der Waals surface area contributed by atoms with Gasteiger partial charge in [-0.15, -0.1) is 0 Å². The number of hydrogen-bond donors (Lipinski definition) is 0. The second-order valence-electron chi connectivity index (χ2n) is 4.45. The Morgan fingerprint density at radius 2 is 2.11 bits per heavy atom. The molecule has 2 heteroatoms. The molecule has 0 N–H and O–H groups in total. The van der Waals surface area contributed by atoms with E-state index in [1.807, 2.05) is 19.1 Å². The van der Waals surface area contributed by atoms with Crippen molar-refractivity contribution < 1.29 is 0 Å². The average Bonchev–Trinajstić information content (AvgIpc) is 2.36. The van der Waals surface area contributed by atoms with Gasteiger partial charge in [-0.1, -0.05) is 35.9 Å². The zero-order valence-electron chi connectivity index (χ0n) is 11.3. The molecular weight excluding hydrogens is 242 g/mol. The fourth-order valence-corrected chi connectivity index (χ4v) is 1.88. The van der Waals surface area contributed by atoms with Gasteiger partial charge in [-0.2, -0.15) is 0 Å². The number of aryl methyl sites for hydroxylation is 2. The lowest BCUT2D eigenvalue weighted by molar-refractivity contribution is 0.910. The van der Waals surface area contributed by atoms with Gasteiger partial charge >= 0.3 is 0 Å². The van der Waals surface area contributed by atoms with Crippen molar-refractivity contribution in [1.82, 2.24) is 0 Å². The Morgan fingerprint density at radius 3 is 2.78 bits per heavy atom. The van der Waals surface area contributed by atoms with Crippen LogP contribution in [-0.4, -0.2) is 6.21 Å². The zero-order chi connectivity index (χ0) is 13.5. The molecule has 0 unspecified atom stereocenters. The molecule has 1 nitrogen and oxygen atoms in total. The molecule has 0 fully saturated rings. The number of hydrogen-bond acceptors (Lipinski definition) is 1. The minimum absolute atomic E-state index is 0.804. The van der Waals surface area contributed by atoms with Gasteiger partial charge in [-0.3, -0.25) is 4.99 Å². The minimum Gasteiger partial charge on any atom is -0.262 e.